The van der Waals surface area contributed by atoms with Gasteiger partial charge in [-0.15, -0.1) is 0 Å². The summed E-state index contributed by atoms with van der Waals surface area (Å²) >= 11 is 0. The van der Waals surface area contributed by atoms with Gasteiger partial charge < -0.3 is 21.6 Å². The Labute approximate surface area is 98.4 Å². The topological polar surface area (TPSA) is 117 Å². The highest BCUT2D eigenvalue weighted by molar-refractivity contribution is 6.07. The lowest BCUT2D eigenvalue weighted by Crippen LogP contribution is -2.56. The maximum absolute atomic E-state index is 12.1. The van der Waals surface area contributed by atoms with Crippen LogP contribution in [0.4, 0.5) is 0 Å². The molecule has 94 valence electrons. The van der Waals surface area contributed by atoms with Crippen molar-refractivity contribution in [3.8, 4) is 0 Å². The minimum Gasteiger partial charge on any atom is -0.409 e. The second-order valence-electron chi connectivity index (χ2n) is 4.60. The number of rotatable bonds is 3. The minimum absolute atomic E-state index is 0.0430. The molecule has 5 N–H and O–H groups in total. The van der Waals surface area contributed by atoms with E-state index in [-0.39, 0.29) is 30.1 Å². The highest BCUT2D eigenvalue weighted by Crippen LogP contribution is 2.41. The Hall–Kier alpha value is -1.79. The molecule has 1 aliphatic carbocycles. The zero-order chi connectivity index (χ0) is 12.5. The zero-order valence-electron chi connectivity index (χ0n) is 9.40. The number of carbonyl (C=O) groups is 2. The van der Waals surface area contributed by atoms with Crippen molar-refractivity contribution in [1.29, 1.82) is 0 Å². The van der Waals surface area contributed by atoms with Crippen LogP contribution in [0.5, 0.6) is 0 Å². The van der Waals surface area contributed by atoms with Gasteiger partial charge in [-0.2, -0.15) is 0 Å². The van der Waals surface area contributed by atoms with Gasteiger partial charge in [0, 0.05) is 13.0 Å². The molecule has 0 aromatic carbocycles. The first-order valence-electron chi connectivity index (χ1n) is 5.64. The standard InChI is InChI=1S/C10H16N4O3/c11-8(14-17)10(2-1-3-10)9(16)13-6-4-7(15)12-5-6/h6,17H,1-5H2,(H2,11,14)(H,12,15)(H,13,16). The molecule has 1 unspecified atom stereocenters. The predicted molar refractivity (Wildman–Crippen MR) is 59.3 cm³/mol. The molecule has 0 aromatic rings. The summed E-state index contributed by atoms with van der Waals surface area (Å²) < 4.78 is 0. The number of amides is 2. The van der Waals surface area contributed by atoms with Crippen LogP contribution in [0.1, 0.15) is 25.7 Å². The van der Waals surface area contributed by atoms with E-state index in [0.29, 0.717) is 19.4 Å². The van der Waals surface area contributed by atoms with Crippen LogP contribution in [0, 0.1) is 5.41 Å². The quantitative estimate of drug-likeness (QED) is 0.217. The van der Waals surface area contributed by atoms with Gasteiger partial charge in [-0.1, -0.05) is 11.6 Å². The van der Waals surface area contributed by atoms with Crippen molar-refractivity contribution in [2.24, 2.45) is 16.3 Å². The SMILES string of the molecule is NC(=NO)C1(C(=O)NC2CNC(=O)C2)CCC1. The van der Waals surface area contributed by atoms with E-state index in [4.69, 9.17) is 10.9 Å². The minimum atomic E-state index is -0.875. The molecule has 1 atom stereocenters. The molecule has 1 heterocycles. The Morgan fingerprint density at radius 3 is 2.71 bits per heavy atom. The monoisotopic (exact) mass is 240 g/mol. The molecule has 2 rings (SSSR count). The van der Waals surface area contributed by atoms with Gasteiger partial charge in [0.25, 0.3) is 0 Å². The average Bonchev–Trinajstić information content (AvgIpc) is 2.62. The van der Waals surface area contributed by atoms with E-state index in [9.17, 15) is 9.59 Å². The van der Waals surface area contributed by atoms with Crippen LogP contribution >= 0.6 is 0 Å². The number of nitrogens with two attached hydrogens (primary N) is 1. The van der Waals surface area contributed by atoms with E-state index in [2.05, 4.69) is 15.8 Å². The Balaban J connectivity index is 2.01. The molecule has 0 aromatic heterocycles. The van der Waals surface area contributed by atoms with Crippen molar-refractivity contribution >= 4 is 17.6 Å². The third-order valence-electron chi connectivity index (χ3n) is 3.55. The molecule has 0 radical (unpaired) electrons. The normalized spacial score (nSPS) is 27.2. The van der Waals surface area contributed by atoms with Crippen molar-refractivity contribution in [1.82, 2.24) is 10.6 Å². The smallest absolute Gasteiger partial charge is 0.234 e. The lowest BCUT2D eigenvalue weighted by molar-refractivity contribution is -0.131. The van der Waals surface area contributed by atoms with Crippen LogP contribution in [0.15, 0.2) is 5.16 Å². The van der Waals surface area contributed by atoms with Gasteiger partial charge in [-0.25, -0.2) is 0 Å². The fourth-order valence-electron chi connectivity index (χ4n) is 2.26. The van der Waals surface area contributed by atoms with Crippen LogP contribution in [0.25, 0.3) is 0 Å². The molecule has 0 bridgehead atoms. The second-order valence-corrected chi connectivity index (χ2v) is 4.60. The lowest BCUT2D eigenvalue weighted by atomic mass is 9.67. The van der Waals surface area contributed by atoms with Gasteiger partial charge in [0.1, 0.15) is 5.41 Å². The molecule has 0 spiro atoms. The first-order valence-corrected chi connectivity index (χ1v) is 5.64. The number of carbonyl (C=O) groups excluding carboxylic acids is 2. The summed E-state index contributed by atoms with van der Waals surface area (Å²) in [5.41, 5.74) is 4.70. The van der Waals surface area contributed by atoms with E-state index >= 15 is 0 Å². The first-order chi connectivity index (χ1) is 8.08. The number of nitrogens with zero attached hydrogens (tertiary/aromatic N) is 1. The van der Waals surface area contributed by atoms with Crippen molar-refractivity contribution in [3.05, 3.63) is 0 Å². The third kappa shape index (κ3) is 1.92. The summed E-state index contributed by atoms with van der Waals surface area (Å²) in [6.45, 7) is 0.441. The molecular weight excluding hydrogens is 224 g/mol. The van der Waals surface area contributed by atoms with E-state index in [0.717, 1.165) is 6.42 Å². The number of oxime groups is 1. The van der Waals surface area contributed by atoms with Gasteiger partial charge in [0.2, 0.25) is 11.8 Å². The molecule has 2 amide bonds. The molecule has 1 saturated carbocycles. The van der Waals surface area contributed by atoms with Crippen LogP contribution < -0.4 is 16.4 Å². The Bertz CT molecular complexity index is 376. The second kappa shape index (κ2) is 4.23. The molecule has 7 nitrogen and oxygen atoms in total. The maximum atomic E-state index is 12.1. The molecule has 2 aliphatic rings. The molecule has 1 saturated heterocycles. The van der Waals surface area contributed by atoms with Crippen molar-refractivity contribution in [3.63, 3.8) is 0 Å². The lowest BCUT2D eigenvalue weighted by Gasteiger charge is -2.39. The average molecular weight is 240 g/mol. The van der Waals surface area contributed by atoms with E-state index in [1.165, 1.54) is 0 Å². The number of amidine groups is 1. The van der Waals surface area contributed by atoms with Crippen molar-refractivity contribution in [2.45, 2.75) is 31.7 Å². The first kappa shape index (κ1) is 11.7. The van der Waals surface area contributed by atoms with Gasteiger partial charge in [-0.3, -0.25) is 9.59 Å². The molecule has 2 fully saturated rings. The van der Waals surface area contributed by atoms with E-state index < -0.39 is 5.41 Å². The van der Waals surface area contributed by atoms with Gasteiger partial charge in [0.15, 0.2) is 5.84 Å². The van der Waals surface area contributed by atoms with Crippen LogP contribution in [-0.4, -0.2) is 35.4 Å². The molecule has 7 heteroatoms. The molecular formula is C10H16N4O3. The fraction of sp³-hybridized carbons (Fsp3) is 0.700. The third-order valence-corrected chi connectivity index (χ3v) is 3.55. The highest BCUT2D eigenvalue weighted by Gasteiger charge is 2.49. The Morgan fingerprint density at radius 2 is 2.29 bits per heavy atom. The van der Waals surface area contributed by atoms with E-state index in [1.807, 2.05) is 0 Å². The number of nitrogens with one attached hydrogen (secondary N) is 2. The fourth-order valence-corrected chi connectivity index (χ4v) is 2.26. The summed E-state index contributed by atoms with van der Waals surface area (Å²) in [7, 11) is 0. The summed E-state index contributed by atoms with van der Waals surface area (Å²) in [5.74, 6) is -0.360. The highest BCUT2D eigenvalue weighted by atomic mass is 16.4. The molecule has 1 aliphatic heterocycles. The zero-order valence-corrected chi connectivity index (χ0v) is 9.40. The summed E-state index contributed by atoms with van der Waals surface area (Å²) in [5, 5.41) is 17.1. The summed E-state index contributed by atoms with van der Waals surface area (Å²) in [6.07, 6.45) is 2.34. The Morgan fingerprint density at radius 1 is 1.59 bits per heavy atom. The predicted octanol–water partition coefficient (Wildman–Crippen LogP) is -1.09. The largest absolute Gasteiger partial charge is 0.409 e. The van der Waals surface area contributed by atoms with Crippen LogP contribution in [0.2, 0.25) is 0 Å². The summed E-state index contributed by atoms with van der Waals surface area (Å²) in [4.78, 5) is 23.1. The van der Waals surface area contributed by atoms with Crippen molar-refractivity contribution < 1.29 is 14.8 Å². The van der Waals surface area contributed by atoms with E-state index in [1.54, 1.807) is 0 Å². The van der Waals surface area contributed by atoms with Gasteiger partial charge in [-0.05, 0) is 12.8 Å². The summed E-state index contributed by atoms with van der Waals surface area (Å²) in [6, 6.07) is -0.195. The number of hydrogen-bond donors (Lipinski definition) is 4. The number of hydrogen-bond acceptors (Lipinski definition) is 4. The van der Waals surface area contributed by atoms with Gasteiger partial charge >= 0.3 is 0 Å². The molecule has 17 heavy (non-hydrogen) atoms. The Kier molecular flexibility index (Phi) is 2.91. The van der Waals surface area contributed by atoms with Crippen molar-refractivity contribution in [2.75, 3.05) is 6.54 Å². The van der Waals surface area contributed by atoms with Crippen LogP contribution in [-0.2, 0) is 9.59 Å². The maximum Gasteiger partial charge on any atom is 0.234 e. The van der Waals surface area contributed by atoms with Gasteiger partial charge in [0.05, 0.1) is 6.04 Å². The van der Waals surface area contributed by atoms with Crippen LogP contribution in [0.3, 0.4) is 0 Å².